The van der Waals surface area contributed by atoms with E-state index in [1.54, 1.807) is 0 Å². The molecule has 0 bridgehead atoms. The molecule has 1 aromatic heterocycles. The first-order valence-corrected chi connectivity index (χ1v) is 6.79. The lowest BCUT2D eigenvalue weighted by atomic mass is 10.1. The molecular formula is C14H19NS. The third kappa shape index (κ3) is 2.27. The number of hydrogen-bond acceptors (Lipinski definition) is 1. The van der Waals surface area contributed by atoms with Crippen LogP contribution in [-0.4, -0.2) is 9.82 Å². The molecule has 1 aromatic carbocycles. The first-order valence-electron chi connectivity index (χ1n) is 5.74. The molecule has 1 heterocycles. The van der Waals surface area contributed by atoms with Gasteiger partial charge in [0.15, 0.2) is 0 Å². The highest BCUT2D eigenvalue weighted by Gasteiger charge is 2.07. The van der Waals surface area contributed by atoms with Crippen LogP contribution in [0.15, 0.2) is 24.4 Å². The van der Waals surface area contributed by atoms with E-state index in [9.17, 15) is 0 Å². The number of aromatic nitrogens is 1. The third-order valence-corrected chi connectivity index (χ3v) is 3.94. The van der Waals surface area contributed by atoms with Crippen LogP contribution in [0.1, 0.15) is 25.0 Å². The van der Waals surface area contributed by atoms with Gasteiger partial charge in [-0.05, 0) is 29.9 Å². The minimum absolute atomic E-state index is 0.695. The lowest BCUT2D eigenvalue weighted by Crippen LogP contribution is -1.88. The van der Waals surface area contributed by atoms with E-state index in [-0.39, 0.29) is 0 Å². The van der Waals surface area contributed by atoms with Crippen molar-refractivity contribution in [1.82, 2.24) is 4.57 Å². The molecule has 0 aliphatic rings. The second kappa shape index (κ2) is 4.54. The van der Waals surface area contributed by atoms with Crippen LogP contribution in [0.5, 0.6) is 0 Å². The summed E-state index contributed by atoms with van der Waals surface area (Å²) in [6.07, 6.45) is 2.26. The maximum absolute atomic E-state index is 2.30. The zero-order valence-corrected chi connectivity index (χ0v) is 11.3. The van der Waals surface area contributed by atoms with E-state index in [4.69, 9.17) is 0 Å². The highest BCUT2D eigenvalue weighted by Crippen LogP contribution is 2.26. The maximum Gasteiger partial charge on any atom is 0.0481 e. The summed E-state index contributed by atoms with van der Waals surface area (Å²) in [5.41, 5.74) is 4.14. The summed E-state index contributed by atoms with van der Waals surface area (Å²) in [6, 6.07) is 6.70. The molecule has 0 spiro atoms. The van der Waals surface area contributed by atoms with Crippen LogP contribution >= 0.6 is 11.8 Å². The quantitative estimate of drug-likeness (QED) is 0.771. The summed E-state index contributed by atoms with van der Waals surface area (Å²) in [6.45, 7) is 6.66. The highest BCUT2D eigenvalue weighted by atomic mass is 32.2. The molecule has 1 nitrogen and oxygen atoms in total. The van der Waals surface area contributed by atoms with Crippen molar-refractivity contribution in [3.05, 3.63) is 35.5 Å². The van der Waals surface area contributed by atoms with Crippen molar-refractivity contribution in [2.75, 3.05) is 0 Å². The van der Waals surface area contributed by atoms with Crippen LogP contribution < -0.4 is 0 Å². The molecule has 0 saturated carbocycles. The number of fused-ring (bicyclic) bond motifs is 1. The molecule has 2 rings (SSSR count). The Morgan fingerprint density at radius 3 is 2.75 bits per heavy atom. The Kier molecular flexibility index (Phi) is 3.29. The predicted octanol–water partition coefficient (Wildman–Crippen LogP) is 4.13. The van der Waals surface area contributed by atoms with Gasteiger partial charge >= 0.3 is 0 Å². The van der Waals surface area contributed by atoms with Gasteiger partial charge in [0.1, 0.15) is 0 Å². The van der Waals surface area contributed by atoms with Crippen molar-refractivity contribution in [1.29, 1.82) is 0 Å². The van der Waals surface area contributed by atoms with E-state index >= 15 is 0 Å². The summed E-state index contributed by atoms with van der Waals surface area (Å²) < 4.78 is 2.23. The van der Waals surface area contributed by atoms with Crippen molar-refractivity contribution < 1.29 is 0 Å². The Labute approximate surface area is 102 Å². The molecule has 86 valence electrons. The fourth-order valence-corrected chi connectivity index (χ4v) is 2.70. The highest BCUT2D eigenvalue weighted by molar-refractivity contribution is 7.99. The van der Waals surface area contributed by atoms with Crippen LogP contribution in [-0.2, 0) is 12.8 Å². The van der Waals surface area contributed by atoms with Crippen LogP contribution in [0, 0.1) is 6.92 Å². The van der Waals surface area contributed by atoms with Crippen LogP contribution in [0.4, 0.5) is 0 Å². The number of aryl methyl sites for hydroxylation is 2. The monoisotopic (exact) mass is 233 g/mol. The van der Waals surface area contributed by atoms with E-state index in [1.807, 2.05) is 11.8 Å². The molecule has 0 aliphatic carbocycles. The maximum atomic E-state index is 2.30. The largest absolute Gasteiger partial charge is 0.350 e. The zero-order valence-electron chi connectivity index (χ0n) is 10.4. The molecule has 0 N–H and O–H groups in total. The van der Waals surface area contributed by atoms with E-state index in [2.05, 4.69) is 56.8 Å². The molecular weight excluding hydrogens is 214 g/mol. The van der Waals surface area contributed by atoms with Gasteiger partial charge in [-0.1, -0.05) is 25.5 Å². The van der Waals surface area contributed by atoms with Gasteiger partial charge in [-0.2, -0.15) is 11.8 Å². The van der Waals surface area contributed by atoms with E-state index in [1.165, 1.54) is 22.0 Å². The molecule has 0 amide bonds. The lowest BCUT2D eigenvalue weighted by Gasteiger charge is -2.03. The van der Waals surface area contributed by atoms with Gasteiger partial charge in [0.05, 0.1) is 0 Å². The van der Waals surface area contributed by atoms with Crippen molar-refractivity contribution >= 4 is 22.7 Å². The molecule has 2 aromatic rings. The average Bonchev–Trinajstić information content (AvgIpc) is 2.52. The SMILES string of the molecule is Cc1ccc2c(c1)c(CSC(C)C)cn2C. The topological polar surface area (TPSA) is 4.93 Å². The molecule has 0 saturated heterocycles. The second-order valence-electron chi connectivity index (χ2n) is 4.65. The van der Waals surface area contributed by atoms with Gasteiger partial charge in [-0.3, -0.25) is 0 Å². The number of benzene rings is 1. The Hall–Kier alpha value is -0.890. The Morgan fingerprint density at radius 1 is 1.31 bits per heavy atom. The Balaban J connectivity index is 2.41. The smallest absolute Gasteiger partial charge is 0.0481 e. The van der Waals surface area contributed by atoms with Crippen molar-refractivity contribution in [3.63, 3.8) is 0 Å². The first kappa shape index (κ1) is 11.6. The van der Waals surface area contributed by atoms with Crippen molar-refractivity contribution in [2.45, 2.75) is 31.8 Å². The Bertz CT molecular complexity index is 497. The van der Waals surface area contributed by atoms with E-state index in [0.29, 0.717) is 5.25 Å². The second-order valence-corrected chi connectivity index (χ2v) is 6.21. The van der Waals surface area contributed by atoms with E-state index in [0.717, 1.165) is 5.75 Å². The minimum Gasteiger partial charge on any atom is -0.350 e. The molecule has 0 unspecified atom stereocenters. The van der Waals surface area contributed by atoms with Gasteiger partial charge in [0.2, 0.25) is 0 Å². The van der Waals surface area contributed by atoms with Gasteiger partial charge in [-0.25, -0.2) is 0 Å². The predicted molar refractivity (Wildman–Crippen MR) is 74.1 cm³/mol. The van der Waals surface area contributed by atoms with Crippen LogP contribution in [0.25, 0.3) is 10.9 Å². The summed E-state index contributed by atoms with van der Waals surface area (Å²) in [7, 11) is 2.13. The van der Waals surface area contributed by atoms with E-state index < -0.39 is 0 Å². The summed E-state index contributed by atoms with van der Waals surface area (Å²) in [5.74, 6) is 1.11. The molecule has 2 heteroatoms. The molecule has 0 aliphatic heterocycles. The standard InChI is InChI=1S/C14H19NS/c1-10(2)16-9-12-8-15(4)14-6-5-11(3)7-13(12)14/h5-8,10H,9H2,1-4H3. The van der Waals surface area contributed by atoms with Gasteiger partial charge in [0, 0.05) is 29.9 Å². The number of thioether (sulfide) groups is 1. The van der Waals surface area contributed by atoms with Crippen molar-refractivity contribution in [3.8, 4) is 0 Å². The number of hydrogen-bond donors (Lipinski definition) is 0. The van der Waals surface area contributed by atoms with Crippen LogP contribution in [0.2, 0.25) is 0 Å². The zero-order chi connectivity index (χ0) is 11.7. The molecule has 16 heavy (non-hydrogen) atoms. The Morgan fingerprint density at radius 2 is 2.06 bits per heavy atom. The summed E-state index contributed by atoms with van der Waals surface area (Å²) >= 11 is 2.01. The fraction of sp³-hybridized carbons (Fsp3) is 0.429. The summed E-state index contributed by atoms with van der Waals surface area (Å²) in [4.78, 5) is 0. The normalized spacial score (nSPS) is 11.6. The third-order valence-electron chi connectivity index (χ3n) is 2.80. The average molecular weight is 233 g/mol. The fourth-order valence-electron chi connectivity index (χ4n) is 1.96. The van der Waals surface area contributed by atoms with Crippen LogP contribution in [0.3, 0.4) is 0 Å². The number of nitrogens with zero attached hydrogens (tertiary/aromatic N) is 1. The molecule has 0 fully saturated rings. The number of rotatable bonds is 3. The minimum atomic E-state index is 0.695. The lowest BCUT2D eigenvalue weighted by molar-refractivity contribution is 0.962. The van der Waals surface area contributed by atoms with Gasteiger partial charge in [0.25, 0.3) is 0 Å². The van der Waals surface area contributed by atoms with Gasteiger partial charge < -0.3 is 4.57 Å². The van der Waals surface area contributed by atoms with Crippen molar-refractivity contribution in [2.24, 2.45) is 7.05 Å². The van der Waals surface area contributed by atoms with Gasteiger partial charge in [-0.15, -0.1) is 0 Å². The summed E-state index contributed by atoms with van der Waals surface area (Å²) in [5, 5.41) is 2.11. The first-order chi connectivity index (χ1) is 7.58. The molecule has 0 atom stereocenters. The molecule has 0 radical (unpaired) electrons.